The normalized spacial score (nSPS) is 34.7. The van der Waals surface area contributed by atoms with E-state index >= 15 is 0 Å². The number of aliphatic hydroxyl groups excluding tert-OH is 1. The molecule has 3 heterocycles. The van der Waals surface area contributed by atoms with Gasteiger partial charge in [0.25, 0.3) is 0 Å². The predicted molar refractivity (Wildman–Crippen MR) is 116 cm³/mol. The van der Waals surface area contributed by atoms with Gasteiger partial charge in [0.05, 0.1) is 17.4 Å². The minimum atomic E-state index is -0.979. The minimum absolute atomic E-state index is 0.00914. The first-order valence-corrected chi connectivity index (χ1v) is 12.0. The average molecular weight is 438 g/mol. The Balaban J connectivity index is 1.98. The summed E-state index contributed by atoms with van der Waals surface area (Å²) in [6.45, 7) is 8.77. The standard InChI is InChI=1S/C23H39N3O5/c1-5-9-15(4)25-20(29)18-23-11-10-22(7-3,31-23)16(19(28)24-12-6-2)17(23)21(30)26(18)13-8-14-27/h15-18,27H,5-14H2,1-4H3,(H,24,28)(H,25,29)/t15?,16-,17-,18?,22+,23?/m0/s1. The van der Waals surface area contributed by atoms with Crippen LogP contribution in [0.25, 0.3) is 0 Å². The monoisotopic (exact) mass is 437 g/mol. The summed E-state index contributed by atoms with van der Waals surface area (Å²) in [5.74, 6) is -1.80. The number of hydrogen-bond acceptors (Lipinski definition) is 5. The molecular formula is C23H39N3O5. The van der Waals surface area contributed by atoms with Crippen LogP contribution in [0.1, 0.15) is 72.6 Å². The fourth-order valence-corrected chi connectivity index (χ4v) is 6.08. The lowest BCUT2D eigenvalue weighted by atomic mass is 9.65. The highest BCUT2D eigenvalue weighted by atomic mass is 16.5. The summed E-state index contributed by atoms with van der Waals surface area (Å²) in [4.78, 5) is 41.9. The zero-order chi connectivity index (χ0) is 22.8. The van der Waals surface area contributed by atoms with Crippen LogP contribution >= 0.6 is 0 Å². The van der Waals surface area contributed by atoms with Crippen LogP contribution in [-0.4, -0.2) is 70.7 Å². The Morgan fingerprint density at radius 3 is 2.58 bits per heavy atom. The summed E-state index contributed by atoms with van der Waals surface area (Å²) < 4.78 is 6.64. The Kier molecular flexibility index (Phi) is 7.31. The Hall–Kier alpha value is -1.67. The zero-order valence-electron chi connectivity index (χ0n) is 19.4. The van der Waals surface area contributed by atoms with E-state index < -0.39 is 29.1 Å². The van der Waals surface area contributed by atoms with Crippen molar-refractivity contribution in [2.24, 2.45) is 11.8 Å². The summed E-state index contributed by atoms with van der Waals surface area (Å²) in [6, 6.07) is -0.779. The number of carbonyl (C=O) groups excluding carboxylic acids is 3. The number of likely N-dealkylation sites (tertiary alicyclic amines) is 1. The van der Waals surface area contributed by atoms with Crippen LogP contribution in [0.2, 0.25) is 0 Å². The van der Waals surface area contributed by atoms with E-state index in [2.05, 4.69) is 17.6 Å². The van der Waals surface area contributed by atoms with Crippen LogP contribution in [0.5, 0.6) is 0 Å². The SMILES string of the molecule is CCCNC(=O)[C@@H]1[C@H]2C(=O)N(CCCO)C(C(=O)NC(C)CCC)C23CC[C@@]1(CC)O3. The lowest BCUT2D eigenvalue weighted by molar-refractivity contribution is -0.148. The van der Waals surface area contributed by atoms with Gasteiger partial charge in [0, 0.05) is 25.7 Å². The molecule has 0 aromatic carbocycles. The van der Waals surface area contributed by atoms with E-state index in [-0.39, 0.29) is 36.9 Å². The summed E-state index contributed by atoms with van der Waals surface area (Å²) >= 11 is 0. The van der Waals surface area contributed by atoms with Gasteiger partial charge < -0.3 is 25.4 Å². The van der Waals surface area contributed by atoms with Crippen LogP contribution < -0.4 is 10.6 Å². The van der Waals surface area contributed by atoms with Crippen molar-refractivity contribution in [3.8, 4) is 0 Å². The molecule has 0 saturated carbocycles. The zero-order valence-corrected chi connectivity index (χ0v) is 19.4. The number of ether oxygens (including phenoxy) is 1. The summed E-state index contributed by atoms with van der Waals surface area (Å²) in [6.07, 6.45) is 4.87. The highest BCUT2D eigenvalue weighted by Crippen LogP contribution is 2.64. The number of nitrogens with zero attached hydrogens (tertiary/aromatic N) is 1. The molecule has 3 N–H and O–H groups in total. The second-order valence-corrected chi connectivity index (χ2v) is 9.43. The van der Waals surface area contributed by atoms with Crippen LogP contribution in [-0.2, 0) is 19.1 Å². The van der Waals surface area contributed by atoms with Gasteiger partial charge >= 0.3 is 0 Å². The smallest absolute Gasteiger partial charge is 0.246 e. The molecule has 3 aliphatic heterocycles. The van der Waals surface area contributed by atoms with E-state index in [9.17, 15) is 19.5 Å². The molecule has 2 bridgehead atoms. The van der Waals surface area contributed by atoms with Gasteiger partial charge in [-0.05, 0) is 45.4 Å². The van der Waals surface area contributed by atoms with Crippen LogP contribution in [0, 0.1) is 11.8 Å². The largest absolute Gasteiger partial charge is 0.396 e. The van der Waals surface area contributed by atoms with Gasteiger partial charge in [-0.1, -0.05) is 27.2 Å². The summed E-state index contributed by atoms with van der Waals surface area (Å²) in [7, 11) is 0. The Morgan fingerprint density at radius 1 is 1.23 bits per heavy atom. The molecule has 0 aromatic heterocycles. The average Bonchev–Trinajstić information content (AvgIpc) is 3.34. The van der Waals surface area contributed by atoms with Gasteiger partial charge in [-0.2, -0.15) is 0 Å². The third kappa shape index (κ3) is 3.86. The molecule has 3 saturated heterocycles. The molecule has 0 aliphatic carbocycles. The van der Waals surface area contributed by atoms with E-state index in [0.29, 0.717) is 32.2 Å². The molecule has 176 valence electrons. The third-order valence-electron chi connectivity index (χ3n) is 7.43. The maximum absolute atomic E-state index is 13.7. The molecule has 3 amide bonds. The van der Waals surface area contributed by atoms with E-state index in [4.69, 9.17) is 4.74 Å². The molecule has 31 heavy (non-hydrogen) atoms. The van der Waals surface area contributed by atoms with Crippen molar-refractivity contribution in [1.82, 2.24) is 15.5 Å². The number of aliphatic hydroxyl groups is 1. The van der Waals surface area contributed by atoms with Crippen molar-refractivity contribution < 1.29 is 24.2 Å². The lowest BCUT2D eigenvalue weighted by Gasteiger charge is -2.34. The summed E-state index contributed by atoms with van der Waals surface area (Å²) in [5, 5.41) is 15.4. The topological polar surface area (TPSA) is 108 Å². The number of hydrogen-bond donors (Lipinski definition) is 3. The Bertz CT molecular complexity index is 701. The van der Waals surface area contributed by atoms with E-state index in [1.54, 1.807) is 4.90 Å². The fourth-order valence-electron chi connectivity index (χ4n) is 6.08. The van der Waals surface area contributed by atoms with Crippen LogP contribution in [0.15, 0.2) is 0 Å². The van der Waals surface area contributed by atoms with E-state index in [0.717, 1.165) is 19.3 Å². The third-order valence-corrected chi connectivity index (χ3v) is 7.43. The van der Waals surface area contributed by atoms with Gasteiger partial charge in [0.1, 0.15) is 11.6 Å². The maximum atomic E-state index is 13.7. The second kappa shape index (κ2) is 9.45. The number of amides is 3. The second-order valence-electron chi connectivity index (χ2n) is 9.43. The number of carbonyl (C=O) groups is 3. The quantitative estimate of drug-likeness (QED) is 0.452. The minimum Gasteiger partial charge on any atom is -0.396 e. The van der Waals surface area contributed by atoms with Gasteiger partial charge in [0.2, 0.25) is 17.7 Å². The van der Waals surface area contributed by atoms with Crippen molar-refractivity contribution in [3.05, 3.63) is 0 Å². The molecule has 8 heteroatoms. The van der Waals surface area contributed by atoms with Crippen molar-refractivity contribution in [3.63, 3.8) is 0 Å². The van der Waals surface area contributed by atoms with Gasteiger partial charge in [-0.15, -0.1) is 0 Å². The van der Waals surface area contributed by atoms with Gasteiger partial charge in [-0.3, -0.25) is 14.4 Å². The fraction of sp³-hybridized carbons (Fsp3) is 0.870. The van der Waals surface area contributed by atoms with Crippen molar-refractivity contribution in [2.45, 2.75) is 95.9 Å². The molecule has 1 spiro atoms. The lowest BCUT2D eigenvalue weighted by Crippen LogP contribution is -2.56. The molecule has 3 fully saturated rings. The Labute approximate surface area is 185 Å². The van der Waals surface area contributed by atoms with Crippen LogP contribution in [0.4, 0.5) is 0 Å². The first-order chi connectivity index (χ1) is 14.8. The van der Waals surface area contributed by atoms with Gasteiger partial charge in [-0.25, -0.2) is 0 Å². The Morgan fingerprint density at radius 2 is 1.97 bits per heavy atom. The van der Waals surface area contributed by atoms with Crippen LogP contribution in [0.3, 0.4) is 0 Å². The molecule has 3 aliphatic rings. The predicted octanol–water partition coefficient (Wildman–Crippen LogP) is 1.35. The number of fused-ring (bicyclic) bond motifs is 1. The van der Waals surface area contributed by atoms with Crippen molar-refractivity contribution in [1.29, 1.82) is 0 Å². The first-order valence-electron chi connectivity index (χ1n) is 12.0. The number of rotatable bonds is 11. The van der Waals surface area contributed by atoms with Gasteiger partial charge in [0.15, 0.2) is 0 Å². The molecule has 6 atom stereocenters. The molecule has 0 aromatic rings. The summed E-state index contributed by atoms with van der Waals surface area (Å²) in [5.41, 5.74) is -1.68. The van der Waals surface area contributed by atoms with Crippen molar-refractivity contribution in [2.75, 3.05) is 19.7 Å². The van der Waals surface area contributed by atoms with Crippen molar-refractivity contribution >= 4 is 17.7 Å². The maximum Gasteiger partial charge on any atom is 0.246 e. The molecule has 0 radical (unpaired) electrons. The highest BCUT2D eigenvalue weighted by Gasteiger charge is 2.78. The van der Waals surface area contributed by atoms with E-state index in [1.807, 2.05) is 20.8 Å². The van der Waals surface area contributed by atoms with E-state index in [1.165, 1.54) is 0 Å². The molecular weight excluding hydrogens is 398 g/mol. The molecule has 8 nitrogen and oxygen atoms in total. The molecule has 3 unspecified atom stereocenters. The highest BCUT2D eigenvalue weighted by molar-refractivity contribution is 5.99. The molecule has 3 rings (SSSR count). The first kappa shape index (κ1) is 24.0. The number of nitrogens with one attached hydrogen (secondary N) is 2.